The lowest BCUT2D eigenvalue weighted by Crippen LogP contribution is -2.30. The van der Waals surface area contributed by atoms with Gasteiger partial charge < -0.3 is 15.0 Å². The van der Waals surface area contributed by atoms with E-state index in [2.05, 4.69) is 5.32 Å². The van der Waals surface area contributed by atoms with Crippen molar-refractivity contribution in [3.8, 4) is 11.8 Å². The number of nitriles is 1. The highest BCUT2D eigenvalue weighted by Crippen LogP contribution is 2.12. The van der Waals surface area contributed by atoms with E-state index in [0.29, 0.717) is 18.7 Å². The number of nitrogens with one attached hydrogen (secondary N) is 1. The van der Waals surface area contributed by atoms with Crippen LogP contribution in [0.3, 0.4) is 0 Å². The lowest BCUT2D eigenvalue weighted by Gasteiger charge is -2.15. The molecule has 0 bridgehead atoms. The fraction of sp³-hybridized carbons (Fsp3) is 0.500. The third-order valence-corrected chi connectivity index (χ3v) is 3.53. The molecule has 0 aromatic heterocycles. The van der Waals surface area contributed by atoms with Gasteiger partial charge in [0.2, 0.25) is 5.91 Å². The third kappa shape index (κ3) is 5.09. The van der Waals surface area contributed by atoms with Gasteiger partial charge in [-0.2, -0.15) is 5.26 Å². The van der Waals surface area contributed by atoms with Crippen LogP contribution in [0.1, 0.15) is 24.8 Å². The molecule has 0 spiro atoms. The maximum atomic E-state index is 11.8. The van der Waals surface area contributed by atoms with Crippen LogP contribution in [0.2, 0.25) is 0 Å². The van der Waals surface area contributed by atoms with Crippen LogP contribution < -0.4 is 10.1 Å². The standard InChI is InChI=1S/C16H21N3O2/c17-8-12-21-15-5-3-14(4-6-15)13-18-9-7-16(20)19-10-1-2-11-19/h3-6,18H,1-2,7,9-13H2. The highest BCUT2D eigenvalue weighted by molar-refractivity contribution is 5.76. The molecule has 1 aromatic carbocycles. The van der Waals surface area contributed by atoms with Crippen molar-refractivity contribution in [3.05, 3.63) is 29.8 Å². The van der Waals surface area contributed by atoms with E-state index in [1.165, 1.54) is 0 Å². The molecule has 1 saturated heterocycles. The zero-order valence-electron chi connectivity index (χ0n) is 12.2. The quantitative estimate of drug-likeness (QED) is 0.775. The van der Waals surface area contributed by atoms with Crippen molar-refractivity contribution in [2.24, 2.45) is 0 Å². The third-order valence-electron chi connectivity index (χ3n) is 3.53. The summed E-state index contributed by atoms with van der Waals surface area (Å²) in [5.74, 6) is 0.949. The lowest BCUT2D eigenvalue weighted by molar-refractivity contribution is -0.130. The molecule has 21 heavy (non-hydrogen) atoms. The minimum Gasteiger partial charge on any atom is -0.479 e. The van der Waals surface area contributed by atoms with Gasteiger partial charge in [0.25, 0.3) is 0 Å². The van der Waals surface area contributed by atoms with Crippen LogP contribution in [0.5, 0.6) is 5.75 Å². The van der Waals surface area contributed by atoms with Gasteiger partial charge in [-0.25, -0.2) is 0 Å². The number of hydrogen-bond donors (Lipinski definition) is 1. The van der Waals surface area contributed by atoms with Gasteiger partial charge in [-0.05, 0) is 30.5 Å². The van der Waals surface area contributed by atoms with E-state index in [9.17, 15) is 4.79 Å². The Morgan fingerprint density at radius 1 is 1.29 bits per heavy atom. The average molecular weight is 287 g/mol. The van der Waals surface area contributed by atoms with Gasteiger partial charge in [0.15, 0.2) is 6.61 Å². The molecule has 2 rings (SSSR count). The van der Waals surface area contributed by atoms with E-state index in [1.54, 1.807) is 0 Å². The Kier molecular flexibility index (Phi) is 6.04. The Hall–Kier alpha value is -2.06. The molecule has 0 unspecified atom stereocenters. The molecule has 1 heterocycles. The minimum absolute atomic E-state index is 0.0657. The van der Waals surface area contributed by atoms with Crippen molar-refractivity contribution in [3.63, 3.8) is 0 Å². The van der Waals surface area contributed by atoms with Crippen molar-refractivity contribution in [2.75, 3.05) is 26.2 Å². The number of likely N-dealkylation sites (tertiary alicyclic amines) is 1. The molecule has 1 fully saturated rings. The first kappa shape index (κ1) is 15.3. The fourth-order valence-corrected chi connectivity index (χ4v) is 2.37. The van der Waals surface area contributed by atoms with E-state index >= 15 is 0 Å². The Labute approximate surface area is 125 Å². The monoisotopic (exact) mass is 287 g/mol. The van der Waals surface area contributed by atoms with Crippen LogP contribution in [-0.4, -0.2) is 37.0 Å². The van der Waals surface area contributed by atoms with Crippen LogP contribution in [0.4, 0.5) is 0 Å². The van der Waals surface area contributed by atoms with Gasteiger partial charge in [-0.1, -0.05) is 12.1 Å². The normalized spacial score (nSPS) is 14.0. The minimum atomic E-state index is 0.0657. The molecule has 0 aliphatic carbocycles. The SMILES string of the molecule is N#CCOc1ccc(CNCCC(=O)N2CCCC2)cc1. The predicted molar refractivity (Wildman–Crippen MR) is 79.7 cm³/mol. The zero-order valence-corrected chi connectivity index (χ0v) is 12.2. The second kappa shape index (κ2) is 8.28. The summed E-state index contributed by atoms with van der Waals surface area (Å²) in [4.78, 5) is 13.8. The van der Waals surface area contributed by atoms with E-state index in [4.69, 9.17) is 10.00 Å². The summed E-state index contributed by atoms with van der Waals surface area (Å²) in [5, 5.41) is 11.7. The Bertz CT molecular complexity index is 487. The topological polar surface area (TPSA) is 65.4 Å². The second-order valence-corrected chi connectivity index (χ2v) is 5.11. The fourth-order valence-electron chi connectivity index (χ4n) is 2.37. The number of benzene rings is 1. The molecule has 5 heteroatoms. The van der Waals surface area contributed by atoms with Crippen LogP contribution in [-0.2, 0) is 11.3 Å². The number of amides is 1. The summed E-state index contributed by atoms with van der Waals surface area (Å²) in [6.07, 6.45) is 2.84. The first-order chi connectivity index (χ1) is 10.3. The zero-order chi connectivity index (χ0) is 14.9. The van der Waals surface area contributed by atoms with Crippen molar-refractivity contribution in [2.45, 2.75) is 25.8 Å². The van der Waals surface area contributed by atoms with Crippen LogP contribution >= 0.6 is 0 Å². The molecular formula is C16H21N3O2. The maximum absolute atomic E-state index is 11.8. The summed E-state index contributed by atoms with van der Waals surface area (Å²) in [5.41, 5.74) is 1.13. The number of rotatable bonds is 7. The van der Waals surface area contributed by atoms with Gasteiger partial charge in [-0.3, -0.25) is 4.79 Å². The molecule has 5 nitrogen and oxygen atoms in total. The average Bonchev–Trinajstić information content (AvgIpc) is 3.05. The Morgan fingerprint density at radius 3 is 2.67 bits per heavy atom. The van der Waals surface area contributed by atoms with E-state index in [0.717, 1.165) is 38.0 Å². The van der Waals surface area contributed by atoms with Gasteiger partial charge in [0, 0.05) is 32.6 Å². The van der Waals surface area contributed by atoms with E-state index in [-0.39, 0.29) is 12.5 Å². The summed E-state index contributed by atoms with van der Waals surface area (Å²) < 4.78 is 5.19. The van der Waals surface area contributed by atoms with Crippen molar-refractivity contribution in [1.29, 1.82) is 5.26 Å². The second-order valence-electron chi connectivity index (χ2n) is 5.11. The number of carbonyl (C=O) groups is 1. The summed E-state index contributed by atoms with van der Waals surface area (Å²) in [6.45, 7) is 3.33. The summed E-state index contributed by atoms with van der Waals surface area (Å²) >= 11 is 0. The van der Waals surface area contributed by atoms with Crippen LogP contribution in [0, 0.1) is 11.3 Å². The Balaban J connectivity index is 1.64. The smallest absolute Gasteiger partial charge is 0.223 e. The summed E-state index contributed by atoms with van der Waals surface area (Å²) in [7, 11) is 0. The highest BCUT2D eigenvalue weighted by Gasteiger charge is 2.16. The molecule has 1 aliphatic heterocycles. The molecule has 0 saturated carbocycles. The molecule has 1 N–H and O–H groups in total. The maximum Gasteiger partial charge on any atom is 0.223 e. The number of nitrogens with zero attached hydrogens (tertiary/aromatic N) is 2. The van der Waals surface area contributed by atoms with Crippen molar-refractivity contribution < 1.29 is 9.53 Å². The highest BCUT2D eigenvalue weighted by atomic mass is 16.5. The largest absolute Gasteiger partial charge is 0.479 e. The molecule has 1 aromatic rings. The molecular weight excluding hydrogens is 266 g/mol. The molecule has 1 aliphatic rings. The van der Waals surface area contributed by atoms with Crippen molar-refractivity contribution >= 4 is 5.91 Å². The van der Waals surface area contributed by atoms with E-state index < -0.39 is 0 Å². The predicted octanol–water partition coefficient (Wildman–Crippen LogP) is 1.69. The number of hydrogen-bond acceptors (Lipinski definition) is 4. The Morgan fingerprint density at radius 2 is 2.00 bits per heavy atom. The molecule has 0 radical (unpaired) electrons. The lowest BCUT2D eigenvalue weighted by atomic mass is 10.2. The molecule has 0 atom stereocenters. The van der Waals surface area contributed by atoms with Gasteiger partial charge in [0.1, 0.15) is 11.8 Å². The molecule has 1 amide bonds. The number of ether oxygens (including phenoxy) is 1. The van der Waals surface area contributed by atoms with Crippen LogP contribution in [0.15, 0.2) is 24.3 Å². The summed E-state index contributed by atoms with van der Waals surface area (Å²) in [6, 6.07) is 9.56. The first-order valence-electron chi connectivity index (χ1n) is 7.37. The van der Waals surface area contributed by atoms with Gasteiger partial charge in [0.05, 0.1) is 0 Å². The number of carbonyl (C=O) groups excluding carboxylic acids is 1. The van der Waals surface area contributed by atoms with Gasteiger partial charge >= 0.3 is 0 Å². The van der Waals surface area contributed by atoms with E-state index in [1.807, 2.05) is 35.2 Å². The van der Waals surface area contributed by atoms with Crippen molar-refractivity contribution in [1.82, 2.24) is 10.2 Å². The van der Waals surface area contributed by atoms with Gasteiger partial charge in [-0.15, -0.1) is 0 Å². The first-order valence-corrected chi connectivity index (χ1v) is 7.37. The van der Waals surface area contributed by atoms with Crippen LogP contribution in [0.25, 0.3) is 0 Å². The molecule has 112 valence electrons.